The van der Waals surface area contributed by atoms with Crippen LogP contribution >= 0.6 is 11.6 Å². The molecule has 3 heteroatoms. The van der Waals surface area contributed by atoms with Crippen LogP contribution in [0.5, 0.6) is 0 Å². The number of carbonyl (C=O) groups is 1. The molecule has 0 aliphatic heterocycles. The van der Waals surface area contributed by atoms with Crippen LogP contribution in [-0.4, -0.2) is 11.3 Å². The number of hydrogen-bond acceptors (Lipinski definition) is 2. The summed E-state index contributed by atoms with van der Waals surface area (Å²) in [6, 6.07) is 9.70. The summed E-state index contributed by atoms with van der Waals surface area (Å²) >= 11 is 6.17. The summed E-state index contributed by atoms with van der Waals surface area (Å²) in [6.07, 6.45) is 7.30. The maximum atomic E-state index is 11.7. The minimum atomic E-state index is -0.206. The molecule has 1 atom stereocenters. The van der Waals surface area contributed by atoms with E-state index in [2.05, 4.69) is 6.92 Å². The van der Waals surface area contributed by atoms with Crippen molar-refractivity contribution in [2.75, 3.05) is 0 Å². The van der Waals surface area contributed by atoms with E-state index in [1.165, 1.54) is 25.7 Å². The molecule has 0 radical (unpaired) electrons. The molecule has 0 aliphatic rings. The zero-order valence-electron chi connectivity index (χ0n) is 12.3. The molecule has 1 rings (SSSR count). The molecule has 0 fully saturated rings. The summed E-state index contributed by atoms with van der Waals surface area (Å²) in [5, 5.41) is -0.0973. The monoisotopic (exact) mass is 296 g/mol. The van der Waals surface area contributed by atoms with Gasteiger partial charge in [0.1, 0.15) is 6.61 Å². The Balaban J connectivity index is 2.09. The van der Waals surface area contributed by atoms with Crippen LogP contribution in [0.25, 0.3) is 0 Å². The molecule has 112 valence electrons. The summed E-state index contributed by atoms with van der Waals surface area (Å²) in [5.74, 6) is -0.206. The minimum Gasteiger partial charge on any atom is -0.461 e. The standard InChI is InChI=1S/C17H25ClO2/c1-2-3-4-5-9-12-16(18)13-17(19)20-14-15-10-7-6-8-11-15/h6-8,10-11,16H,2-5,9,12-14H2,1H3. The molecule has 0 aliphatic carbocycles. The predicted molar refractivity (Wildman–Crippen MR) is 83.9 cm³/mol. The number of carbonyl (C=O) groups excluding carboxylic acids is 1. The van der Waals surface area contributed by atoms with Crippen LogP contribution in [0.2, 0.25) is 0 Å². The van der Waals surface area contributed by atoms with Crippen molar-refractivity contribution in [1.82, 2.24) is 0 Å². The van der Waals surface area contributed by atoms with Crippen molar-refractivity contribution in [2.45, 2.75) is 63.9 Å². The quantitative estimate of drug-likeness (QED) is 0.341. The van der Waals surface area contributed by atoms with Gasteiger partial charge in [-0.25, -0.2) is 0 Å². The lowest BCUT2D eigenvalue weighted by Crippen LogP contribution is -2.11. The number of rotatable bonds is 10. The summed E-state index contributed by atoms with van der Waals surface area (Å²) in [4.78, 5) is 11.7. The minimum absolute atomic E-state index is 0.0973. The highest BCUT2D eigenvalue weighted by Crippen LogP contribution is 2.15. The first kappa shape index (κ1) is 17.0. The average molecular weight is 297 g/mol. The molecule has 0 spiro atoms. The zero-order chi connectivity index (χ0) is 14.6. The molecule has 1 unspecified atom stereocenters. The molecule has 0 saturated heterocycles. The van der Waals surface area contributed by atoms with Crippen LogP contribution in [0, 0.1) is 0 Å². The first-order chi connectivity index (χ1) is 9.72. The van der Waals surface area contributed by atoms with Crippen molar-refractivity contribution in [3.8, 4) is 0 Å². The summed E-state index contributed by atoms with van der Waals surface area (Å²) in [7, 11) is 0. The van der Waals surface area contributed by atoms with E-state index < -0.39 is 0 Å². The number of halogens is 1. The maximum absolute atomic E-state index is 11.7. The number of ether oxygens (including phenoxy) is 1. The second-order valence-electron chi connectivity index (χ2n) is 5.15. The van der Waals surface area contributed by atoms with Gasteiger partial charge in [0, 0.05) is 5.38 Å². The molecular formula is C17H25ClO2. The van der Waals surface area contributed by atoms with E-state index in [0.717, 1.165) is 18.4 Å². The van der Waals surface area contributed by atoms with E-state index in [4.69, 9.17) is 16.3 Å². The number of unbranched alkanes of at least 4 members (excludes halogenated alkanes) is 4. The van der Waals surface area contributed by atoms with Crippen molar-refractivity contribution < 1.29 is 9.53 Å². The van der Waals surface area contributed by atoms with Gasteiger partial charge in [0.15, 0.2) is 0 Å². The van der Waals surface area contributed by atoms with Gasteiger partial charge >= 0.3 is 5.97 Å². The Hall–Kier alpha value is -1.02. The summed E-state index contributed by atoms with van der Waals surface area (Å²) in [6.45, 7) is 2.53. The van der Waals surface area contributed by atoms with Gasteiger partial charge in [-0.1, -0.05) is 69.4 Å². The van der Waals surface area contributed by atoms with Crippen molar-refractivity contribution in [3.05, 3.63) is 35.9 Å². The third-order valence-electron chi connectivity index (χ3n) is 3.25. The van der Waals surface area contributed by atoms with E-state index in [9.17, 15) is 4.79 Å². The first-order valence-corrected chi connectivity index (χ1v) is 7.99. The molecular weight excluding hydrogens is 272 g/mol. The van der Waals surface area contributed by atoms with Crippen molar-refractivity contribution in [2.24, 2.45) is 0 Å². The third kappa shape index (κ3) is 8.21. The first-order valence-electron chi connectivity index (χ1n) is 7.56. The zero-order valence-corrected chi connectivity index (χ0v) is 13.1. The average Bonchev–Trinajstić information content (AvgIpc) is 2.46. The van der Waals surface area contributed by atoms with Gasteiger partial charge in [0.05, 0.1) is 6.42 Å². The lowest BCUT2D eigenvalue weighted by molar-refractivity contribution is -0.145. The Bertz CT molecular complexity index is 365. The highest BCUT2D eigenvalue weighted by atomic mass is 35.5. The summed E-state index contributed by atoms with van der Waals surface area (Å²) < 4.78 is 5.22. The normalized spacial score (nSPS) is 12.1. The lowest BCUT2D eigenvalue weighted by atomic mass is 10.1. The Morgan fingerprint density at radius 2 is 1.85 bits per heavy atom. The lowest BCUT2D eigenvalue weighted by Gasteiger charge is -2.09. The SMILES string of the molecule is CCCCCCCC(Cl)CC(=O)OCc1ccccc1. The molecule has 1 aromatic carbocycles. The van der Waals surface area contributed by atoms with Gasteiger partial charge in [-0.05, 0) is 12.0 Å². The van der Waals surface area contributed by atoms with E-state index in [1.807, 2.05) is 30.3 Å². The molecule has 0 amide bonds. The van der Waals surface area contributed by atoms with Gasteiger partial charge < -0.3 is 4.74 Å². The van der Waals surface area contributed by atoms with Gasteiger partial charge in [-0.3, -0.25) is 4.79 Å². The van der Waals surface area contributed by atoms with E-state index in [1.54, 1.807) is 0 Å². The van der Waals surface area contributed by atoms with E-state index >= 15 is 0 Å². The number of esters is 1. The molecule has 2 nitrogen and oxygen atoms in total. The van der Waals surface area contributed by atoms with Crippen LogP contribution < -0.4 is 0 Å². The molecule has 20 heavy (non-hydrogen) atoms. The smallest absolute Gasteiger partial charge is 0.307 e. The largest absolute Gasteiger partial charge is 0.461 e. The van der Waals surface area contributed by atoms with Gasteiger partial charge in [0.25, 0.3) is 0 Å². The molecule has 1 aromatic rings. The Labute approximate surface area is 127 Å². The van der Waals surface area contributed by atoms with Crippen molar-refractivity contribution in [1.29, 1.82) is 0 Å². The maximum Gasteiger partial charge on any atom is 0.307 e. The fourth-order valence-corrected chi connectivity index (χ4v) is 2.33. The Kier molecular flexibility index (Phi) is 9.14. The molecule has 0 N–H and O–H groups in total. The van der Waals surface area contributed by atoms with Crippen LogP contribution in [-0.2, 0) is 16.1 Å². The summed E-state index contributed by atoms with van der Waals surface area (Å²) in [5.41, 5.74) is 1.01. The number of benzene rings is 1. The topological polar surface area (TPSA) is 26.3 Å². The third-order valence-corrected chi connectivity index (χ3v) is 3.62. The fraction of sp³-hybridized carbons (Fsp3) is 0.588. The molecule has 0 saturated carbocycles. The second kappa shape index (κ2) is 10.7. The van der Waals surface area contributed by atoms with Gasteiger partial charge in [0.2, 0.25) is 0 Å². The molecule has 0 heterocycles. The van der Waals surface area contributed by atoms with Crippen LogP contribution in [0.3, 0.4) is 0 Å². The van der Waals surface area contributed by atoms with Crippen molar-refractivity contribution in [3.63, 3.8) is 0 Å². The van der Waals surface area contributed by atoms with Crippen LogP contribution in [0.4, 0.5) is 0 Å². The Morgan fingerprint density at radius 1 is 1.15 bits per heavy atom. The second-order valence-corrected chi connectivity index (χ2v) is 5.77. The Morgan fingerprint density at radius 3 is 2.55 bits per heavy atom. The van der Waals surface area contributed by atoms with Crippen molar-refractivity contribution >= 4 is 17.6 Å². The van der Waals surface area contributed by atoms with E-state index in [-0.39, 0.29) is 11.3 Å². The van der Waals surface area contributed by atoms with E-state index in [0.29, 0.717) is 13.0 Å². The fourth-order valence-electron chi connectivity index (χ4n) is 2.05. The molecule has 0 bridgehead atoms. The highest BCUT2D eigenvalue weighted by molar-refractivity contribution is 6.21. The highest BCUT2D eigenvalue weighted by Gasteiger charge is 2.12. The number of alkyl halides is 1. The number of hydrogen-bond donors (Lipinski definition) is 0. The van der Waals surface area contributed by atoms with Crippen LogP contribution in [0.15, 0.2) is 30.3 Å². The van der Waals surface area contributed by atoms with Gasteiger partial charge in [-0.2, -0.15) is 0 Å². The van der Waals surface area contributed by atoms with Crippen LogP contribution in [0.1, 0.15) is 57.4 Å². The molecule has 0 aromatic heterocycles. The predicted octanol–water partition coefficient (Wildman–Crippen LogP) is 5.09. The van der Waals surface area contributed by atoms with Gasteiger partial charge in [-0.15, -0.1) is 11.6 Å².